The molecule has 10 heteroatoms. The molecule has 0 heterocycles. The Labute approximate surface area is 240 Å². The van der Waals surface area contributed by atoms with Crippen LogP contribution in [0.15, 0.2) is 83.8 Å². The highest BCUT2D eigenvalue weighted by molar-refractivity contribution is 7.92. The van der Waals surface area contributed by atoms with Crippen LogP contribution in [0, 0.1) is 5.92 Å². The lowest BCUT2D eigenvalue weighted by Crippen LogP contribution is -2.52. The summed E-state index contributed by atoms with van der Waals surface area (Å²) in [7, 11) is -4.14. The van der Waals surface area contributed by atoms with Crippen LogP contribution in [0.25, 0.3) is 0 Å². The van der Waals surface area contributed by atoms with Crippen molar-refractivity contribution in [3.63, 3.8) is 0 Å². The van der Waals surface area contributed by atoms with Gasteiger partial charge in [0.1, 0.15) is 12.6 Å². The molecule has 39 heavy (non-hydrogen) atoms. The summed E-state index contributed by atoms with van der Waals surface area (Å²) >= 11 is 12.0. The van der Waals surface area contributed by atoms with Gasteiger partial charge in [-0.15, -0.1) is 0 Å². The summed E-state index contributed by atoms with van der Waals surface area (Å²) in [5, 5.41) is 3.85. The van der Waals surface area contributed by atoms with E-state index in [2.05, 4.69) is 5.32 Å². The number of sulfonamides is 1. The highest BCUT2D eigenvalue weighted by Gasteiger charge is 2.33. The van der Waals surface area contributed by atoms with Crippen molar-refractivity contribution in [2.45, 2.75) is 44.7 Å². The number of hydrogen-bond donors (Lipinski definition) is 1. The summed E-state index contributed by atoms with van der Waals surface area (Å²) in [6.45, 7) is 5.85. The van der Waals surface area contributed by atoms with E-state index in [9.17, 15) is 18.0 Å². The molecule has 7 nitrogen and oxygen atoms in total. The van der Waals surface area contributed by atoms with Crippen LogP contribution >= 0.6 is 23.2 Å². The summed E-state index contributed by atoms with van der Waals surface area (Å²) in [4.78, 5) is 28.6. The third-order valence-corrected chi connectivity index (χ3v) is 8.35. The van der Waals surface area contributed by atoms with Crippen LogP contribution in [-0.4, -0.2) is 44.3 Å². The van der Waals surface area contributed by atoms with E-state index >= 15 is 0 Å². The van der Waals surface area contributed by atoms with Crippen LogP contribution in [0.3, 0.4) is 0 Å². The first kappa shape index (κ1) is 30.5. The number of rotatable bonds is 12. The molecule has 3 aromatic carbocycles. The molecule has 1 N–H and O–H groups in total. The van der Waals surface area contributed by atoms with Gasteiger partial charge < -0.3 is 10.2 Å². The Hall–Kier alpha value is -3.07. The number of benzene rings is 3. The van der Waals surface area contributed by atoms with E-state index in [1.165, 1.54) is 29.2 Å². The lowest BCUT2D eigenvalue weighted by Gasteiger charge is -2.33. The van der Waals surface area contributed by atoms with Crippen molar-refractivity contribution in [1.29, 1.82) is 0 Å². The maximum absolute atomic E-state index is 14.0. The molecule has 2 amide bonds. The van der Waals surface area contributed by atoms with Gasteiger partial charge in [-0.2, -0.15) is 0 Å². The zero-order valence-electron chi connectivity index (χ0n) is 22.2. The van der Waals surface area contributed by atoms with E-state index in [1.807, 2.05) is 20.8 Å². The molecule has 0 bridgehead atoms. The minimum Gasteiger partial charge on any atom is -0.354 e. The van der Waals surface area contributed by atoms with Gasteiger partial charge in [0, 0.05) is 23.1 Å². The molecule has 0 unspecified atom stereocenters. The Balaban J connectivity index is 2.01. The number of carbonyl (C=O) groups is 2. The fourth-order valence-electron chi connectivity index (χ4n) is 3.99. The quantitative estimate of drug-likeness (QED) is 0.290. The van der Waals surface area contributed by atoms with Gasteiger partial charge in [-0.05, 0) is 66.4 Å². The number of hydrogen-bond acceptors (Lipinski definition) is 4. The van der Waals surface area contributed by atoms with Crippen LogP contribution < -0.4 is 9.62 Å². The zero-order valence-corrected chi connectivity index (χ0v) is 24.5. The number of anilines is 1. The Morgan fingerprint density at radius 3 is 1.97 bits per heavy atom. The van der Waals surface area contributed by atoms with Gasteiger partial charge in [-0.25, -0.2) is 8.42 Å². The van der Waals surface area contributed by atoms with Crippen molar-refractivity contribution in [3.05, 3.63) is 94.5 Å². The second kappa shape index (κ2) is 13.8. The average molecular weight is 591 g/mol. The number of amides is 2. The standard InChI is InChI=1S/C29H33Cl2N3O4S/c1-4-27(29(36)32-18-21(2)3)33(19-22-10-12-23(30)13-11-22)28(35)20-34(25-8-6-5-7-9-25)39(37,38)26-16-14-24(31)15-17-26/h5-17,21,27H,4,18-20H2,1-3H3,(H,32,36)/t27-/m1/s1. The molecular formula is C29H33Cl2N3O4S. The van der Waals surface area contributed by atoms with Gasteiger partial charge in [0.2, 0.25) is 11.8 Å². The zero-order chi connectivity index (χ0) is 28.6. The molecule has 0 radical (unpaired) electrons. The highest BCUT2D eigenvalue weighted by Crippen LogP contribution is 2.25. The summed E-state index contributed by atoms with van der Waals surface area (Å²) in [5.74, 6) is -0.580. The molecule has 0 aliphatic heterocycles. The Kier molecular flexibility index (Phi) is 10.8. The number of carbonyl (C=O) groups excluding carboxylic acids is 2. The molecule has 3 rings (SSSR count). The van der Waals surface area contributed by atoms with Crippen LogP contribution in [0.5, 0.6) is 0 Å². The second-order valence-corrected chi connectivity index (χ2v) is 12.2. The fourth-order valence-corrected chi connectivity index (χ4v) is 5.65. The molecule has 0 aliphatic carbocycles. The average Bonchev–Trinajstić information content (AvgIpc) is 2.92. The van der Waals surface area contributed by atoms with Crippen molar-refractivity contribution in [1.82, 2.24) is 10.2 Å². The van der Waals surface area contributed by atoms with Crippen LogP contribution in [0.2, 0.25) is 10.0 Å². The van der Waals surface area contributed by atoms with Crippen LogP contribution in [0.1, 0.15) is 32.8 Å². The molecule has 208 valence electrons. The Morgan fingerprint density at radius 2 is 1.44 bits per heavy atom. The first-order valence-corrected chi connectivity index (χ1v) is 14.9. The molecule has 0 saturated carbocycles. The van der Waals surface area contributed by atoms with Crippen molar-refractivity contribution < 1.29 is 18.0 Å². The summed E-state index contributed by atoms with van der Waals surface area (Å²) in [6, 6.07) is 20.3. The van der Waals surface area contributed by atoms with Gasteiger partial charge in [-0.1, -0.05) is 74.3 Å². The summed E-state index contributed by atoms with van der Waals surface area (Å²) in [5.41, 5.74) is 1.08. The second-order valence-electron chi connectivity index (χ2n) is 9.51. The van der Waals surface area contributed by atoms with E-state index in [1.54, 1.807) is 54.6 Å². The molecule has 0 aromatic heterocycles. The number of para-hydroxylation sites is 1. The predicted molar refractivity (Wildman–Crippen MR) is 156 cm³/mol. The third-order valence-electron chi connectivity index (χ3n) is 6.06. The van der Waals surface area contributed by atoms with Crippen LogP contribution in [0.4, 0.5) is 5.69 Å². The van der Waals surface area contributed by atoms with Crippen molar-refractivity contribution in [2.24, 2.45) is 5.92 Å². The maximum Gasteiger partial charge on any atom is 0.264 e. The fraction of sp³-hybridized carbons (Fsp3) is 0.310. The predicted octanol–water partition coefficient (Wildman–Crippen LogP) is 5.77. The molecule has 0 spiro atoms. The first-order chi connectivity index (χ1) is 18.5. The Morgan fingerprint density at radius 1 is 0.872 bits per heavy atom. The van der Waals surface area contributed by atoms with E-state index in [0.29, 0.717) is 28.7 Å². The molecule has 1 atom stereocenters. The van der Waals surface area contributed by atoms with Gasteiger partial charge >= 0.3 is 0 Å². The van der Waals surface area contributed by atoms with Gasteiger partial charge in [0.05, 0.1) is 10.6 Å². The molecule has 0 saturated heterocycles. The Bertz CT molecular complexity index is 1350. The smallest absolute Gasteiger partial charge is 0.264 e. The SMILES string of the molecule is CC[C@H](C(=O)NCC(C)C)N(Cc1ccc(Cl)cc1)C(=O)CN(c1ccccc1)S(=O)(=O)c1ccc(Cl)cc1. The highest BCUT2D eigenvalue weighted by atomic mass is 35.5. The van der Waals surface area contributed by atoms with Gasteiger partial charge in [-0.3, -0.25) is 13.9 Å². The topological polar surface area (TPSA) is 86.8 Å². The number of nitrogens with zero attached hydrogens (tertiary/aromatic N) is 2. The van der Waals surface area contributed by atoms with Crippen molar-refractivity contribution in [2.75, 3.05) is 17.4 Å². The largest absolute Gasteiger partial charge is 0.354 e. The minimum absolute atomic E-state index is 0.00507. The normalized spacial score (nSPS) is 12.2. The maximum atomic E-state index is 14.0. The molecular weight excluding hydrogens is 557 g/mol. The minimum atomic E-state index is -4.14. The number of halogens is 2. The summed E-state index contributed by atoms with van der Waals surface area (Å²) in [6.07, 6.45) is 0.346. The van der Waals surface area contributed by atoms with Crippen molar-refractivity contribution >= 4 is 50.7 Å². The first-order valence-electron chi connectivity index (χ1n) is 12.7. The van der Waals surface area contributed by atoms with E-state index in [-0.39, 0.29) is 23.3 Å². The lowest BCUT2D eigenvalue weighted by molar-refractivity contribution is -0.140. The molecule has 0 fully saturated rings. The monoisotopic (exact) mass is 589 g/mol. The van der Waals surface area contributed by atoms with Gasteiger partial charge in [0.15, 0.2) is 0 Å². The van der Waals surface area contributed by atoms with E-state index in [0.717, 1.165) is 9.87 Å². The van der Waals surface area contributed by atoms with Crippen LogP contribution in [-0.2, 0) is 26.2 Å². The van der Waals surface area contributed by atoms with Gasteiger partial charge in [0.25, 0.3) is 10.0 Å². The van der Waals surface area contributed by atoms with Crippen molar-refractivity contribution in [3.8, 4) is 0 Å². The molecule has 3 aromatic rings. The van der Waals surface area contributed by atoms with E-state index in [4.69, 9.17) is 23.2 Å². The number of nitrogens with one attached hydrogen (secondary N) is 1. The van der Waals surface area contributed by atoms with E-state index < -0.39 is 28.5 Å². The summed E-state index contributed by atoms with van der Waals surface area (Å²) < 4.78 is 28.6. The molecule has 0 aliphatic rings. The lowest BCUT2D eigenvalue weighted by atomic mass is 10.1. The third kappa shape index (κ3) is 8.21.